The van der Waals surface area contributed by atoms with Gasteiger partial charge in [0.2, 0.25) is 0 Å². The lowest BCUT2D eigenvalue weighted by Crippen LogP contribution is -2.44. The van der Waals surface area contributed by atoms with Crippen LogP contribution in [0.5, 0.6) is 0 Å². The van der Waals surface area contributed by atoms with Crippen LogP contribution < -0.4 is 5.73 Å². The minimum atomic E-state index is -1.13. The molecule has 2 unspecified atom stereocenters. The molecule has 8 heavy (non-hydrogen) atoms. The van der Waals surface area contributed by atoms with E-state index in [1.807, 2.05) is 0 Å². The van der Waals surface area contributed by atoms with E-state index in [1.165, 1.54) is 6.92 Å². The van der Waals surface area contributed by atoms with Gasteiger partial charge in [-0.2, -0.15) is 0 Å². The van der Waals surface area contributed by atoms with E-state index >= 15 is 0 Å². The molecule has 2 atom stereocenters. The molecule has 0 bridgehead atoms. The van der Waals surface area contributed by atoms with E-state index in [1.54, 1.807) is 6.92 Å². The van der Waals surface area contributed by atoms with Crippen LogP contribution in [0.1, 0.15) is 20.3 Å². The normalized spacial score (nSPS) is 22.1. The van der Waals surface area contributed by atoms with E-state index in [0.29, 0.717) is 6.42 Å². The van der Waals surface area contributed by atoms with E-state index in [9.17, 15) is 0 Å². The summed E-state index contributed by atoms with van der Waals surface area (Å²) in [6.45, 7) is 3.26. The molecule has 0 spiro atoms. The molecule has 0 radical (unpaired) electrons. The fraction of sp³-hybridized carbons (Fsp3) is 1.00. The lowest BCUT2D eigenvalue weighted by molar-refractivity contribution is -0.0602. The van der Waals surface area contributed by atoms with Gasteiger partial charge in [0.1, 0.15) is 11.8 Å². The molecule has 0 saturated heterocycles. The fourth-order valence-electron chi connectivity index (χ4n) is 0.209. The molecule has 0 aromatic rings. The van der Waals surface area contributed by atoms with Crippen molar-refractivity contribution in [3.8, 4) is 0 Å². The molecule has 3 nitrogen and oxygen atoms in total. The van der Waals surface area contributed by atoms with Crippen LogP contribution in [-0.4, -0.2) is 22.0 Å². The molecule has 0 saturated carbocycles. The van der Waals surface area contributed by atoms with Crippen LogP contribution in [0.15, 0.2) is 0 Å². The van der Waals surface area contributed by atoms with Gasteiger partial charge in [-0.05, 0) is 13.3 Å². The van der Waals surface area contributed by atoms with Crippen LogP contribution in [0.3, 0.4) is 0 Å². The molecule has 0 fully saturated rings. The van der Waals surface area contributed by atoms with Crippen molar-refractivity contribution in [2.75, 3.05) is 0 Å². The van der Waals surface area contributed by atoms with Crippen molar-refractivity contribution >= 4 is 0 Å². The summed E-state index contributed by atoms with van der Waals surface area (Å²) in [7, 11) is 0. The van der Waals surface area contributed by atoms with Crippen LogP contribution in [-0.2, 0) is 0 Å². The first kappa shape index (κ1) is 7.88. The van der Waals surface area contributed by atoms with Gasteiger partial charge in [0.25, 0.3) is 0 Å². The van der Waals surface area contributed by atoms with Crippen molar-refractivity contribution in [3.63, 3.8) is 0 Å². The van der Waals surface area contributed by atoms with Crippen molar-refractivity contribution in [3.05, 3.63) is 0 Å². The number of hydrogen-bond acceptors (Lipinski definition) is 3. The molecule has 0 aliphatic carbocycles. The summed E-state index contributed by atoms with van der Waals surface area (Å²) in [5.74, 6) is 0. The van der Waals surface area contributed by atoms with Gasteiger partial charge < -0.3 is 15.9 Å². The second kappa shape index (κ2) is 2.44. The summed E-state index contributed by atoms with van der Waals surface area (Å²) in [6.07, 6.45) is -0.669. The van der Waals surface area contributed by atoms with Gasteiger partial charge in [-0.1, -0.05) is 6.92 Å². The maximum absolute atomic E-state index is 9.03. The molecular formula is C5H13NO2. The Morgan fingerprint density at radius 2 is 2.12 bits per heavy atom. The minimum absolute atomic E-state index is 0.463. The van der Waals surface area contributed by atoms with Crippen LogP contribution in [0, 0.1) is 0 Å². The Kier molecular flexibility index (Phi) is 2.40. The molecule has 0 heterocycles. The average Bonchev–Trinajstić information content (AvgIpc) is 1.67. The second-order valence-corrected chi connectivity index (χ2v) is 2.16. The smallest absolute Gasteiger partial charge is 0.131 e. The minimum Gasteiger partial charge on any atom is -0.386 e. The van der Waals surface area contributed by atoms with Crippen LogP contribution in [0.2, 0.25) is 0 Å². The lowest BCUT2D eigenvalue weighted by atomic mass is 10.0. The summed E-state index contributed by atoms with van der Waals surface area (Å²) in [6, 6.07) is 0. The quantitative estimate of drug-likeness (QED) is 0.426. The predicted octanol–water partition coefficient (Wildman–Crippen LogP) is -0.576. The highest BCUT2D eigenvalue weighted by Gasteiger charge is 2.23. The summed E-state index contributed by atoms with van der Waals surface area (Å²) in [5, 5.41) is 17.6. The first-order valence-electron chi connectivity index (χ1n) is 2.66. The van der Waals surface area contributed by atoms with Crippen LogP contribution in [0.25, 0.3) is 0 Å². The van der Waals surface area contributed by atoms with E-state index < -0.39 is 11.8 Å². The van der Waals surface area contributed by atoms with E-state index in [2.05, 4.69) is 0 Å². The molecule has 0 aromatic heterocycles. The maximum Gasteiger partial charge on any atom is 0.131 e. The van der Waals surface area contributed by atoms with Gasteiger partial charge in [-0.25, -0.2) is 0 Å². The Morgan fingerprint density at radius 1 is 1.75 bits per heavy atom. The number of hydrogen-bond donors (Lipinski definition) is 3. The van der Waals surface area contributed by atoms with Crippen molar-refractivity contribution in [1.82, 2.24) is 0 Å². The monoisotopic (exact) mass is 119 g/mol. The SMILES string of the molecule is CCC(C)(O)C(N)O. The summed E-state index contributed by atoms with van der Waals surface area (Å²) in [4.78, 5) is 0. The van der Waals surface area contributed by atoms with E-state index in [-0.39, 0.29) is 0 Å². The van der Waals surface area contributed by atoms with Crippen LogP contribution >= 0.6 is 0 Å². The largest absolute Gasteiger partial charge is 0.386 e. The van der Waals surface area contributed by atoms with Gasteiger partial charge in [0.15, 0.2) is 0 Å². The molecule has 0 aliphatic heterocycles. The Balaban J connectivity index is 3.71. The molecule has 0 rings (SSSR count). The summed E-state index contributed by atoms with van der Waals surface area (Å²) >= 11 is 0. The highest BCUT2D eigenvalue weighted by molar-refractivity contribution is 4.74. The van der Waals surface area contributed by atoms with Crippen molar-refractivity contribution < 1.29 is 10.2 Å². The van der Waals surface area contributed by atoms with Gasteiger partial charge >= 0.3 is 0 Å². The van der Waals surface area contributed by atoms with E-state index in [0.717, 1.165) is 0 Å². The topological polar surface area (TPSA) is 66.5 Å². The lowest BCUT2D eigenvalue weighted by Gasteiger charge is -2.23. The van der Waals surface area contributed by atoms with Gasteiger partial charge in [-0.15, -0.1) is 0 Å². The number of aliphatic hydroxyl groups excluding tert-OH is 1. The Labute approximate surface area is 49.1 Å². The number of rotatable bonds is 2. The van der Waals surface area contributed by atoms with Crippen molar-refractivity contribution in [2.45, 2.75) is 32.1 Å². The average molecular weight is 119 g/mol. The molecular weight excluding hydrogens is 106 g/mol. The molecule has 0 aliphatic rings. The predicted molar refractivity (Wildman–Crippen MR) is 31.1 cm³/mol. The third-order valence-corrected chi connectivity index (χ3v) is 1.35. The van der Waals surface area contributed by atoms with Crippen molar-refractivity contribution in [1.29, 1.82) is 0 Å². The Morgan fingerprint density at radius 3 is 2.12 bits per heavy atom. The Hall–Kier alpha value is -0.120. The highest BCUT2D eigenvalue weighted by Crippen LogP contribution is 2.09. The standard InChI is InChI=1S/C5H13NO2/c1-3-5(2,8)4(6)7/h4,7-8H,3,6H2,1-2H3. The summed E-state index contributed by atoms with van der Waals surface area (Å²) in [5.41, 5.74) is 3.86. The fourth-order valence-corrected chi connectivity index (χ4v) is 0.209. The zero-order valence-electron chi connectivity index (χ0n) is 5.26. The Bertz CT molecular complexity index is 70.8. The molecule has 0 aromatic carbocycles. The number of nitrogens with two attached hydrogens (primary N) is 1. The summed E-state index contributed by atoms with van der Waals surface area (Å²) < 4.78 is 0. The molecule has 50 valence electrons. The first-order valence-corrected chi connectivity index (χ1v) is 2.66. The zero-order chi connectivity index (χ0) is 6.78. The third-order valence-electron chi connectivity index (χ3n) is 1.35. The molecule has 0 amide bonds. The second-order valence-electron chi connectivity index (χ2n) is 2.16. The maximum atomic E-state index is 9.03. The van der Waals surface area contributed by atoms with Gasteiger partial charge in [-0.3, -0.25) is 0 Å². The molecule has 4 N–H and O–H groups in total. The van der Waals surface area contributed by atoms with Gasteiger partial charge in [0, 0.05) is 0 Å². The third kappa shape index (κ3) is 1.78. The van der Waals surface area contributed by atoms with Crippen molar-refractivity contribution in [2.24, 2.45) is 5.73 Å². The first-order chi connectivity index (χ1) is 3.50. The highest BCUT2D eigenvalue weighted by atomic mass is 16.3. The zero-order valence-corrected chi connectivity index (χ0v) is 5.26. The molecule has 3 heteroatoms. The van der Waals surface area contributed by atoms with Crippen LogP contribution in [0.4, 0.5) is 0 Å². The number of aliphatic hydroxyl groups is 2. The van der Waals surface area contributed by atoms with E-state index in [4.69, 9.17) is 15.9 Å². The van der Waals surface area contributed by atoms with Gasteiger partial charge in [0.05, 0.1) is 0 Å².